The minimum absolute atomic E-state index is 0.000349. The summed E-state index contributed by atoms with van der Waals surface area (Å²) >= 11 is 0. The van der Waals surface area contributed by atoms with Gasteiger partial charge in [0.25, 0.3) is 5.91 Å². The fourth-order valence-electron chi connectivity index (χ4n) is 2.64. The normalized spacial score (nSPS) is 14.5. The highest BCUT2D eigenvalue weighted by atomic mass is 16.6. The van der Waals surface area contributed by atoms with Gasteiger partial charge in [0.1, 0.15) is 6.61 Å². The summed E-state index contributed by atoms with van der Waals surface area (Å²) in [4.78, 5) is 36.9. The lowest BCUT2D eigenvalue weighted by Gasteiger charge is -2.31. The van der Waals surface area contributed by atoms with Crippen LogP contribution in [-0.2, 0) is 9.53 Å². The van der Waals surface area contributed by atoms with Crippen LogP contribution in [0.4, 0.5) is 10.5 Å². The van der Waals surface area contributed by atoms with Crippen molar-refractivity contribution in [2.75, 3.05) is 25.0 Å². The Hall–Kier alpha value is -2.83. The number of likely N-dealkylation sites (tertiary alicyclic amines) is 1. The van der Waals surface area contributed by atoms with E-state index in [0.29, 0.717) is 37.2 Å². The van der Waals surface area contributed by atoms with E-state index in [9.17, 15) is 14.4 Å². The van der Waals surface area contributed by atoms with E-state index in [4.69, 9.17) is 4.74 Å². The van der Waals surface area contributed by atoms with E-state index < -0.39 is 0 Å². The maximum atomic E-state index is 12.4. The Labute approximate surface area is 147 Å². The lowest BCUT2D eigenvalue weighted by Crippen LogP contribution is -2.46. The number of ether oxygens (including phenoxy) is 1. The second kappa shape index (κ2) is 8.86. The first-order valence-corrected chi connectivity index (χ1v) is 8.20. The fraction of sp³-hybridized carbons (Fsp3) is 0.389. The summed E-state index contributed by atoms with van der Waals surface area (Å²) < 4.78 is 5.01. The van der Waals surface area contributed by atoms with E-state index in [1.54, 1.807) is 29.2 Å². The van der Waals surface area contributed by atoms with Crippen molar-refractivity contribution < 1.29 is 19.1 Å². The molecule has 1 aliphatic rings. The number of benzene rings is 1. The molecule has 1 aromatic rings. The molecule has 0 unspecified atom stereocenters. The Kier molecular flexibility index (Phi) is 6.56. The first kappa shape index (κ1) is 18.5. The topological polar surface area (TPSA) is 87.7 Å². The molecule has 1 aromatic carbocycles. The first-order chi connectivity index (χ1) is 12.0. The van der Waals surface area contributed by atoms with Crippen molar-refractivity contribution in [3.63, 3.8) is 0 Å². The SMILES string of the molecule is C=CCOC(=O)N1CCC(NC(=O)c2cccc(NC(C)=O)c2)CC1. The van der Waals surface area contributed by atoms with Gasteiger partial charge in [0.05, 0.1) is 0 Å². The van der Waals surface area contributed by atoms with Crippen LogP contribution >= 0.6 is 0 Å². The van der Waals surface area contributed by atoms with Gasteiger partial charge in [-0.3, -0.25) is 9.59 Å². The third kappa shape index (κ3) is 5.63. The average molecular weight is 345 g/mol. The van der Waals surface area contributed by atoms with Crippen molar-refractivity contribution in [2.24, 2.45) is 0 Å². The molecule has 0 atom stereocenters. The molecule has 0 aliphatic carbocycles. The smallest absolute Gasteiger partial charge is 0.410 e. The third-order valence-electron chi connectivity index (χ3n) is 3.86. The number of nitrogens with one attached hydrogen (secondary N) is 2. The molecule has 7 heteroatoms. The lowest BCUT2D eigenvalue weighted by atomic mass is 10.0. The molecule has 0 spiro atoms. The Bertz CT molecular complexity index is 651. The second-order valence-corrected chi connectivity index (χ2v) is 5.86. The van der Waals surface area contributed by atoms with Crippen molar-refractivity contribution in [2.45, 2.75) is 25.8 Å². The number of hydrogen-bond donors (Lipinski definition) is 2. The zero-order valence-corrected chi connectivity index (χ0v) is 14.3. The number of anilines is 1. The van der Waals surface area contributed by atoms with E-state index in [2.05, 4.69) is 17.2 Å². The van der Waals surface area contributed by atoms with Crippen molar-refractivity contribution in [3.05, 3.63) is 42.5 Å². The van der Waals surface area contributed by atoms with Crippen LogP contribution in [0.1, 0.15) is 30.1 Å². The molecule has 2 N–H and O–H groups in total. The van der Waals surface area contributed by atoms with Crippen LogP contribution in [0.3, 0.4) is 0 Å². The van der Waals surface area contributed by atoms with E-state index in [1.807, 2.05) is 0 Å². The summed E-state index contributed by atoms with van der Waals surface area (Å²) in [6, 6.07) is 6.78. The average Bonchev–Trinajstić information content (AvgIpc) is 2.60. The number of carbonyl (C=O) groups excluding carboxylic acids is 3. The lowest BCUT2D eigenvalue weighted by molar-refractivity contribution is -0.114. The summed E-state index contributed by atoms with van der Waals surface area (Å²) in [5.41, 5.74) is 1.07. The van der Waals surface area contributed by atoms with Gasteiger partial charge in [-0.05, 0) is 31.0 Å². The largest absolute Gasteiger partial charge is 0.445 e. The third-order valence-corrected chi connectivity index (χ3v) is 3.86. The number of piperidine rings is 1. The standard InChI is InChI=1S/C18H23N3O4/c1-3-11-25-18(24)21-9-7-15(8-10-21)20-17(23)14-5-4-6-16(12-14)19-13(2)22/h3-6,12,15H,1,7-11H2,2H3,(H,19,22)(H,20,23). The predicted octanol–water partition coefficient (Wildman–Crippen LogP) is 2.16. The van der Waals surface area contributed by atoms with Gasteiger partial charge in [-0.25, -0.2) is 4.79 Å². The molecular weight excluding hydrogens is 322 g/mol. The molecule has 0 bridgehead atoms. The number of hydrogen-bond acceptors (Lipinski definition) is 4. The monoisotopic (exact) mass is 345 g/mol. The Morgan fingerprint density at radius 3 is 2.68 bits per heavy atom. The predicted molar refractivity (Wildman–Crippen MR) is 94.4 cm³/mol. The van der Waals surface area contributed by atoms with E-state index >= 15 is 0 Å². The molecule has 0 saturated carbocycles. The zero-order chi connectivity index (χ0) is 18.2. The summed E-state index contributed by atoms with van der Waals surface area (Å²) in [6.45, 7) is 6.19. The molecule has 2 rings (SSSR count). The van der Waals surface area contributed by atoms with Crippen molar-refractivity contribution >= 4 is 23.6 Å². The molecule has 25 heavy (non-hydrogen) atoms. The maximum Gasteiger partial charge on any atom is 0.410 e. The number of carbonyl (C=O) groups is 3. The highest BCUT2D eigenvalue weighted by molar-refractivity contribution is 5.96. The van der Waals surface area contributed by atoms with Crippen LogP contribution in [0.2, 0.25) is 0 Å². The maximum absolute atomic E-state index is 12.4. The molecule has 7 nitrogen and oxygen atoms in total. The Morgan fingerprint density at radius 1 is 1.32 bits per heavy atom. The van der Waals surface area contributed by atoms with Gasteiger partial charge in [-0.2, -0.15) is 0 Å². The van der Waals surface area contributed by atoms with Crippen molar-refractivity contribution in [1.29, 1.82) is 0 Å². The Balaban J connectivity index is 1.85. The van der Waals surface area contributed by atoms with Crippen LogP contribution in [0.15, 0.2) is 36.9 Å². The molecule has 0 aromatic heterocycles. The summed E-state index contributed by atoms with van der Waals surface area (Å²) in [5.74, 6) is -0.381. The highest BCUT2D eigenvalue weighted by Crippen LogP contribution is 2.14. The fourth-order valence-corrected chi connectivity index (χ4v) is 2.64. The number of rotatable bonds is 5. The van der Waals surface area contributed by atoms with E-state index in [-0.39, 0.29) is 30.6 Å². The zero-order valence-electron chi connectivity index (χ0n) is 14.3. The molecule has 1 saturated heterocycles. The quantitative estimate of drug-likeness (QED) is 0.801. The van der Waals surface area contributed by atoms with Gasteiger partial charge in [-0.1, -0.05) is 18.7 Å². The van der Waals surface area contributed by atoms with Gasteiger partial charge in [-0.15, -0.1) is 0 Å². The summed E-state index contributed by atoms with van der Waals surface area (Å²) in [5, 5.41) is 5.63. The van der Waals surface area contributed by atoms with Crippen LogP contribution in [0.25, 0.3) is 0 Å². The summed E-state index contributed by atoms with van der Waals surface area (Å²) in [6.07, 6.45) is 2.51. The molecule has 1 aliphatic heterocycles. The van der Waals surface area contributed by atoms with Gasteiger partial charge in [0.2, 0.25) is 5.91 Å². The van der Waals surface area contributed by atoms with Gasteiger partial charge in [0, 0.05) is 37.3 Å². The van der Waals surface area contributed by atoms with E-state index in [1.165, 1.54) is 13.0 Å². The Morgan fingerprint density at radius 2 is 2.04 bits per heavy atom. The molecular formula is C18H23N3O4. The van der Waals surface area contributed by atoms with E-state index in [0.717, 1.165) is 0 Å². The minimum Gasteiger partial charge on any atom is -0.445 e. The number of nitrogens with zero attached hydrogens (tertiary/aromatic N) is 1. The first-order valence-electron chi connectivity index (χ1n) is 8.20. The second-order valence-electron chi connectivity index (χ2n) is 5.86. The van der Waals surface area contributed by atoms with Crippen molar-refractivity contribution in [1.82, 2.24) is 10.2 Å². The van der Waals surface area contributed by atoms with Crippen molar-refractivity contribution in [3.8, 4) is 0 Å². The summed E-state index contributed by atoms with van der Waals surface area (Å²) in [7, 11) is 0. The molecule has 1 fully saturated rings. The number of amides is 3. The van der Waals surface area contributed by atoms with Gasteiger partial charge in [0.15, 0.2) is 0 Å². The van der Waals surface area contributed by atoms with Crippen LogP contribution in [-0.4, -0.2) is 48.5 Å². The molecule has 1 heterocycles. The molecule has 0 radical (unpaired) electrons. The molecule has 3 amide bonds. The molecule has 134 valence electrons. The van der Waals surface area contributed by atoms with Crippen LogP contribution in [0, 0.1) is 0 Å². The minimum atomic E-state index is -0.354. The van der Waals surface area contributed by atoms with Crippen LogP contribution in [0.5, 0.6) is 0 Å². The van der Waals surface area contributed by atoms with Gasteiger partial charge < -0.3 is 20.3 Å². The highest BCUT2D eigenvalue weighted by Gasteiger charge is 2.24. The van der Waals surface area contributed by atoms with Crippen LogP contribution < -0.4 is 10.6 Å². The van der Waals surface area contributed by atoms with Gasteiger partial charge >= 0.3 is 6.09 Å².